The van der Waals surface area contributed by atoms with Crippen LogP contribution in [-0.2, 0) is 9.59 Å². The van der Waals surface area contributed by atoms with Crippen LogP contribution in [0.5, 0.6) is 0 Å². The lowest BCUT2D eigenvalue weighted by atomic mass is 10.1. The van der Waals surface area contributed by atoms with E-state index in [2.05, 4.69) is 16.9 Å². The summed E-state index contributed by atoms with van der Waals surface area (Å²) in [6, 6.07) is 7.35. The van der Waals surface area contributed by atoms with Gasteiger partial charge in [0.05, 0.1) is 11.2 Å². The van der Waals surface area contributed by atoms with Crippen molar-refractivity contribution >= 4 is 28.4 Å². The highest BCUT2D eigenvalue weighted by Crippen LogP contribution is 2.24. The van der Waals surface area contributed by atoms with Crippen molar-refractivity contribution in [2.75, 3.05) is 18.4 Å². The molecule has 23 heavy (non-hydrogen) atoms. The van der Waals surface area contributed by atoms with Gasteiger partial charge in [0.15, 0.2) is 0 Å². The maximum atomic E-state index is 12.3. The molecular formula is C18H21N3O2. The molecule has 0 unspecified atom stereocenters. The number of aromatic nitrogens is 1. The summed E-state index contributed by atoms with van der Waals surface area (Å²) in [5, 5.41) is 3.52. The summed E-state index contributed by atoms with van der Waals surface area (Å²) >= 11 is 0. The molecule has 0 aliphatic rings. The van der Waals surface area contributed by atoms with E-state index in [-0.39, 0.29) is 0 Å². The third-order valence-corrected chi connectivity index (χ3v) is 3.54. The molecule has 0 fully saturated rings. The molecule has 0 spiro atoms. The lowest BCUT2D eigenvalue weighted by molar-refractivity contribution is -0.142. The van der Waals surface area contributed by atoms with Crippen molar-refractivity contribution in [3.8, 4) is 0 Å². The fourth-order valence-electron chi connectivity index (χ4n) is 2.40. The highest BCUT2D eigenvalue weighted by Gasteiger charge is 2.21. The van der Waals surface area contributed by atoms with E-state index >= 15 is 0 Å². The summed E-state index contributed by atoms with van der Waals surface area (Å²) < 4.78 is 0. The minimum atomic E-state index is -0.651. The van der Waals surface area contributed by atoms with Gasteiger partial charge in [0, 0.05) is 24.7 Å². The number of hydrogen-bond donors (Lipinski definition) is 1. The first-order valence-corrected chi connectivity index (χ1v) is 7.53. The summed E-state index contributed by atoms with van der Waals surface area (Å²) in [6.45, 7) is 10.2. The molecule has 0 radical (unpaired) electrons. The van der Waals surface area contributed by atoms with Crippen molar-refractivity contribution in [2.24, 2.45) is 0 Å². The van der Waals surface area contributed by atoms with Crippen LogP contribution in [0.3, 0.4) is 0 Å². The van der Waals surface area contributed by atoms with Gasteiger partial charge in [-0.3, -0.25) is 14.6 Å². The maximum Gasteiger partial charge on any atom is 0.313 e. The average molecular weight is 311 g/mol. The Bertz CT molecular complexity index is 768. The van der Waals surface area contributed by atoms with Crippen molar-refractivity contribution in [1.82, 2.24) is 9.88 Å². The van der Waals surface area contributed by atoms with E-state index in [1.807, 2.05) is 32.9 Å². The Morgan fingerprint density at radius 2 is 2.04 bits per heavy atom. The zero-order chi connectivity index (χ0) is 17.0. The minimum absolute atomic E-state index is 0.374. The summed E-state index contributed by atoms with van der Waals surface area (Å²) in [6.07, 6.45) is 1.71. The smallest absolute Gasteiger partial charge is 0.313 e. The minimum Gasteiger partial charge on any atom is -0.331 e. The molecule has 1 heterocycles. The molecule has 120 valence electrons. The molecule has 0 saturated heterocycles. The normalized spacial score (nSPS) is 10.4. The van der Waals surface area contributed by atoms with Gasteiger partial charge in [-0.05, 0) is 44.5 Å². The van der Waals surface area contributed by atoms with E-state index < -0.39 is 11.8 Å². The Morgan fingerprint density at radius 1 is 1.30 bits per heavy atom. The van der Waals surface area contributed by atoms with Gasteiger partial charge in [-0.1, -0.05) is 18.2 Å². The number of pyridine rings is 1. The van der Waals surface area contributed by atoms with Gasteiger partial charge in [0.2, 0.25) is 0 Å². The first-order chi connectivity index (χ1) is 10.9. The number of benzene rings is 1. The van der Waals surface area contributed by atoms with Gasteiger partial charge in [-0.25, -0.2) is 0 Å². The van der Waals surface area contributed by atoms with Gasteiger partial charge in [-0.15, -0.1) is 0 Å². The fourth-order valence-corrected chi connectivity index (χ4v) is 2.40. The van der Waals surface area contributed by atoms with Crippen LogP contribution in [0.1, 0.15) is 19.4 Å². The standard InChI is InChI=1S/C18H21N3O2/c1-5-21(11-12(2)3)18(23)17(22)20-15-9-8-13(4)16-14(15)7-6-10-19-16/h6-10H,2,5,11H2,1,3-4H3,(H,20,22). The molecule has 2 aromatic rings. The lowest BCUT2D eigenvalue weighted by Crippen LogP contribution is -2.40. The van der Waals surface area contributed by atoms with E-state index in [1.165, 1.54) is 4.90 Å². The van der Waals surface area contributed by atoms with Crippen molar-refractivity contribution in [1.29, 1.82) is 0 Å². The predicted molar refractivity (Wildman–Crippen MR) is 92.2 cm³/mol. The summed E-state index contributed by atoms with van der Waals surface area (Å²) in [5.41, 5.74) is 3.25. The van der Waals surface area contributed by atoms with Crippen molar-refractivity contribution in [3.05, 3.63) is 48.2 Å². The number of fused-ring (bicyclic) bond motifs is 1. The molecule has 0 atom stereocenters. The third kappa shape index (κ3) is 3.74. The Hall–Kier alpha value is -2.69. The topological polar surface area (TPSA) is 62.3 Å². The van der Waals surface area contributed by atoms with Crippen LogP contribution in [-0.4, -0.2) is 34.8 Å². The molecule has 0 saturated carbocycles. The lowest BCUT2D eigenvalue weighted by Gasteiger charge is -2.20. The monoisotopic (exact) mass is 311 g/mol. The van der Waals surface area contributed by atoms with Gasteiger partial charge in [-0.2, -0.15) is 0 Å². The Balaban J connectivity index is 2.25. The number of carbonyl (C=O) groups excluding carboxylic acids is 2. The molecule has 2 rings (SSSR count). The second-order valence-corrected chi connectivity index (χ2v) is 5.56. The summed E-state index contributed by atoms with van der Waals surface area (Å²) in [7, 11) is 0. The van der Waals surface area contributed by atoms with Crippen LogP contribution >= 0.6 is 0 Å². The number of anilines is 1. The zero-order valence-electron chi connectivity index (χ0n) is 13.7. The number of aryl methyl sites for hydroxylation is 1. The third-order valence-electron chi connectivity index (χ3n) is 3.54. The molecule has 0 aliphatic heterocycles. The number of nitrogens with one attached hydrogen (secondary N) is 1. The largest absolute Gasteiger partial charge is 0.331 e. The van der Waals surface area contributed by atoms with E-state index in [9.17, 15) is 9.59 Å². The van der Waals surface area contributed by atoms with Crippen LogP contribution in [0, 0.1) is 6.92 Å². The van der Waals surface area contributed by atoms with E-state index in [4.69, 9.17) is 0 Å². The highest BCUT2D eigenvalue weighted by atomic mass is 16.2. The first kappa shape index (κ1) is 16.7. The van der Waals surface area contributed by atoms with Crippen LogP contribution in [0.25, 0.3) is 10.9 Å². The van der Waals surface area contributed by atoms with Crippen molar-refractivity contribution in [3.63, 3.8) is 0 Å². The van der Waals surface area contributed by atoms with E-state index in [0.29, 0.717) is 18.8 Å². The second kappa shape index (κ2) is 7.05. The van der Waals surface area contributed by atoms with E-state index in [0.717, 1.165) is 22.0 Å². The molecule has 1 aromatic heterocycles. The van der Waals surface area contributed by atoms with Crippen LogP contribution in [0.4, 0.5) is 5.69 Å². The number of rotatable bonds is 4. The molecular weight excluding hydrogens is 290 g/mol. The quantitative estimate of drug-likeness (QED) is 0.697. The van der Waals surface area contributed by atoms with Gasteiger partial charge < -0.3 is 10.2 Å². The Labute approximate surface area is 136 Å². The molecule has 2 amide bonds. The second-order valence-electron chi connectivity index (χ2n) is 5.56. The van der Waals surface area contributed by atoms with Crippen LogP contribution < -0.4 is 5.32 Å². The molecule has 1 N–H and O–H groups in total. The molecule has 1 aromatic carbocycles. The maximum absolute atomic E-state index is 12.3. The van der Waals surface area contributed by atoms with Gasteiger partial charge >= 0.3 is 11.8 Å². The molecule has 0 bridgehead atoms. The van der Waals surface area contributed by atoms with Crippen molar-refractivity contribution < 1.29 is 9.59 Å². The molecule has 5 nitrogen and oxygen atoms in total. The van der Waals surface area contributed by atoms with Gasteiger partial charge in [0.1, 0.15) is 0 Å². The van der Waals surface area contributed by atoms with Crippen LogP contribution in [0.15, 0.2) is 42.6 Å². The average Bonchev–Trinajstić information content (AvgIpc) is 2.54. The number of nitrogens with zero attached hydrogens (tertiary/aromatic N) is 2. The van der Waals surface area contributed by atoms with E-state index in [1.54, 1.807) is 18.3 Å². The van der Waals surface area contributed by atoms with Crippen molar-refractivity contribution in [2.45, 2.75) is 20.8 Å². The SMILES string of the molecule is C=C(C)CN(CC)C(=O)C(=O)Nc1ccc(C)c2ncccc12. The number of hydrogen-bond acceptors (Lipinski definition) is 3. The highest BCUT2D eigenvalue weighted by molar-refractivity contribution is 6.40. The zero-order valence-corrected chi connectivity index (χ0v) is 13.7. The Morgan fingerprint density at radius 3 is 2.70 bits per heavy atom. The summed E-state index contributed by atoms with van der Waals surface area (Å²) in [5.74, 6) is -1.21. The first-order valence-electron chi connectivity index (χ1n) is 7.53. The Kier molecular flexibility index (Phi) is 5.11. The number of likely N-dealkylation sites (N-methyl/N-ethyl adjacent to an activating group) is 1. The number of carbonyl (C=O) groups is 2. The number of amides is 2. The van der Waals surface area contributed by atoms with Gasteiger partial charge in [0.25, 0.3) is 0 Å². The molecule has 5 heteroatoms. The predicted octanol–water partition coefficient (Wildman–Crippen LogP) is 2.91. The fraction of sp³-hybridized carbons (Fsp3) is 0.278. The summed E-state index contributed by atoms with van der Waals surface area (Å²) in [4.78, 5) is 30.3. The molecule has 0 aliphatic carbocycles. The van der Waals surface area contributed by atoms with Crippen LogP contribution in [0.2, 0.25) is 0 Å².